The number of hydrogen-bond donors (Lipinski definition) is 1. The first-order chi connectivity index (χ1) is 15.5. The fraction of sp³-hybridized carbons (Fsp3) is 0.348. The number of ether oxygens (including phenoxy) is 1. The van der Waals surface area contributed by atoms with E-state index in [0.29, 0.717) is 10.0 Å². The number of para-hydroxylation sites is 1. The Bertz CT molecular complexity index is 1240. The van der Waals surface area contributed by atoms with Crippen LogP contribution in [0.25, 0.3) is 15.9 Å². The number of nitrogens with zero attached hydrogens (tertiary/aromatic N) is 4. The predicted octanol–water partition coefficient (Wildman–Crippen LogP) is 4.71. The van der Waals surface area contributed by atoms with Crippen molar-refractivity contribution in [3.05, 3.63) is 58.0 Å². The molecule has 0 bridgehead atoms. The molecule has 0 aliphatic carbocycles. The third-order valence-corrected chi connectivity index (χ3v) is 7.34. The minimum absolute atomic E-state index is 0.139. The number of thiophene rings is 1. The van der Waals surface area contributed by atoms with Gasteiger partial charge in [-0.2, -0.15) is 5.10 Å². The van der Waals surface area contributed by atoms with Crippen LogP contribution >= 0.6 is 22.7 Å². The maximum atomic E-state index is 12.9. The summed E-state index contributed by atoms with van der Waals surface area (Å²) >= 11 is 2.91. The standard InChI is InChI=1S/C23H25N5O2S2/c1-14-10-27(11-15(2)30-14)12-17-13-31-23(24-17)25-21(29)20-9-19-16(3)26-28(22(19)32-20)18-7-5-4-6-8-18/h4-9,13-15H,10-12H2,1-3H3,(H,24,25,29). The molecule has 1 saturated heterocycles. The lowest BCUT2D eigenvalue weighted by atomic mass is 10.2. The van der Waals surface area contributed by atoms with Gasteiger partial charge in [-0.15, -0.1) is 22.7 Å². The molecule has 1 N–H and O–H groups in total. The molecule has 1 aliphatic rings. The Balaban J connectivity index is 1.30. The summed E-state index contributed by atoms with van der Waals surface area (Å²) in [6.07, 6.45) is 0.444. The Morgan fingerprint density at radius 3 is 2.72 bits per heavy atom. The fourth-order valence-electron chi connectivity index (χ4n) is 4.14. The molecule has 166 valence electrons. The highest BCUT2D eigenvalue weighted by atomic mass is 32.1. The molecule has 1 aromatic carbocycles. The SMILES string of the molecule is Cc1nn(-c2ccccc2)c2sc(C(=O)Nc3nc(CN4CC(C)OC(C)C4)cs3)cc12. The van der Waals surface area contributed by atoms with E-state index in [9.17, 15) is 4.79 Å². The van der Waals surface area contributed by atoms with Crippen LogP contribution in [0.5, 0.6) is 0 Å². The molecule has 2 unspecified atom stereocenters. The number of anilines is 1. The third-order valence-electron chi connectivity index (χ3n) is 5.42. The Morgan fingerprint density at radius 2 is 1.97 bits per heavy atom. The second kappa shape index (κ2) is 8.74. The van der Waals surface area contributed by atoms with Crippen LogP contribution in [0.1, 0.15) is 34.9 Å². The van der Waals surface area contributed by atoms with E-state index in [2.05, 4.69) is 34.1 Å². The van der Waals surface area contributed by atoms with E-state index >= 15 is 0 Å². The topological polar surface area (TPSA) is 72.3 Å². The number of benzene rings is 1. The van der Waals surface area contributed by atoms with E-state index in [1.165, 1.54) is 22.7 Å². The summed E-state index contributed by atoms with van der Waals surface area (Å²) in [7, 11) is 0. The molecule has 1 aliphatic heterocycles. The van der Waals surface area contributed by atoms with E-state index in [1.807, 2.05) is 53.4 Å². The molecule has 0 spiro atoms. The van der Waals surface area contributed by atoms with Gasteiger partial charge in [0.1, 0.15) is 4.83 Å². The lowest BCUT2D eigenvalue weighted by Gasteiger charge is -2.34. The number of amides is 1. The monoisotopic (exact) mass is 467 g/mol. The largest absolute Gasteiger partial charge is 0.373 e. The lowest BCUT2D eigenvalue weighted by molar-refractivity contribution is -0.0707. The first-order valence-electron chi connectivity index (χ1n) is 10.6. The molecule has 7 nitrogen and oxygen atoms in total. The van der Waals surface area contributed by atoms with Gasteiger partial charge in [0.05, 0.1) is 34.2 Å². The zero-order valence-electron chi connectivity index (χ0n) is 18.2. The number of aryl methyl sites for hydroxylation is 1. The van der Waals surface area contributed by atoms with Crippen LogP contribution in [0, 0.1) is 6.92 Å². The van der Waals surface area contributed by atoms with E-state index in [1.54, 1.807) is 0 Å². The van der Waals surface area contributed by atoms with Crippen LogP contribution in [0.2, 0.25) is 0 Å². The summed E-state index contributed by atoms with van der Waals surface area (Å²) in [5, 5.41) is 11.3. The molecule has 0 radical (unpaired) electrons. The highest BCUT2D eigenvalue weighted by molar-refractivity contribution is 7.20. The minimum Gasteiger partial charge on any atom is -0.373 e. The number of hydrogen-bond acceptors (Lipinski definition) is 7. The number of nitrogens with one attached hydrogen (secondary N) is 1. The van der Waals surface area contributed by atoms with Gasteiger partial charge in [0.2, 0.25) is 0 Å². The normalized spacial score (nSPS) is 19.5. The first kappa shape index (κ1) is 21.3. The quantitative estimate of drug-likeness (QED) is 0.460. The summed E-state index contributed by atoms with van der Waals surface area (Å²) in [6.45, 7) is 8.71. The van der Waals surface area contributed by atoms with Gasteiger partial charge in [0.25, 0.3) is 5.91 Å². The van der Waals surface area contributed by atoms with Gasteiger partial charge in [-0.1, -0.05) is 18.2 Å². The Hall–Kier alpha value is -2.59. The molecule has 2 atom stereocenters. The average molecular weight is 468 g/mol. The number of thiazole rings is 1. The van der Waals surface area contributed by atoms with Crippen LogP contribution in [-0.4, -0.2) is 50.9 Å². The molecule has 4 heterocycles. The average Bonchev–Trinajstić information content (AvgIpc) is 3.45. The van der Waals surface area contributed by atoms with E-state index in [-0.39, 0.29) is 18.1 Å². The van der Waals surface area contributed by atoms with Gasteiger partial charge in [0, 0.05) is 30.4 Å². The highest BCUT2D eigenvalue weighted by Gasteiger charge is 2.23. The van der Waals surface area contributed by atoms with Crippen LogP contribution in [0.15, 0.2) is 41.8 Å². The van der Waals surface area contributed by atoms with Gasteiger partial charge >= 0.3 is 0 Å². The summed E-state index contributed by atoms with van der Waals surface area (Å²) in [5.41, 5.74) is 2.86. The maximum Gasteiger partial charge on any atom is 0.267 e. The summed E-state index contributed by atoms with van der Waals surface area (Å²) < 4.78 is 7.70. The van der Waals surface area contributed by atoms with Crippen LogP contribution in [0.3, 0.4) is 0 Å². The number of fused-ring (bicyclic) bond motifs is 1. The van der Waals surface area contributed by atoms with Gasteiger partial charge in [0.15, 0.2) is 5.13 Å². The van der Waals surface area contributed by atoms with Crippen molar-refractivity contribution >= 4 is 43.9 Å². The van der Waals surface area contributed by atoms with Crippen LogP contribution in [0.4, 0.5) is 5.13 Å². The number of aromatic nitrogens is 3. The smallest absolute Gasteiger partial charge is 0.267 e. The van der Waals surface area contributed by atoms with Crippen LogP contribution < -0.4 is 5.32 Å². The van der Waals surface area contributed by atoms with Gasteiger partial charge < -0.3 is 4.74 Å². The second-order valence-electron chi connectivity index (χ2n) is 8.21. The molecule has 1 fully saturated rings. The second-order valence-corrected chi connectivity index (χ2v) is 10.1. The Morgan fingerprint density at radius 1 is 1.22 bits per heavy atom. The molecule has 32 heavy (non-hydrogen) atoms. The van der Waals surface area contributed by atoms with Crippen molar-refractivity contribution in [2.24, 2.45) is 0 Å². The predicted molar refractivity (Wildman–Crippen MR) is 129 cm³/mol. The molecule has 4 aromatic rings. The van der Waals surface area contributed by atoms with E-state index in [4.69, 9.17) is 4.74 Å². The minimum atomic E-state index is -0.139. The summed E-state index contributed by atoms with van der Waals surface area (Å²) in [5.74, 6) is -0.139. The van der Waals surface area contributed by atoms with Crippen LogP contribution in [-0.2, 0) is 11.3 Å². The molecule has 5 rings (SSSR count). The van der Waals surface area contributed by atoms with Gasteiger partial charge in [-0.3, -0.25) is 15.0 Å². The van der Waals surface area contributed by atoms with Crippen molar-refractivity contribution in [2.75, 3.05) is 18.4 Å². The maximum absolute atomic E-state index is 12.9. The molecule has 9 heteroatoms. The molecular formula is C23H25N5O2S2. The molecular weight excluding hydrogens is 442 g/mol. The highest BCUT2D eigenvalue weighted by Crippen LogP contribution is 2.31. The van der Waals surface area contributed by atoms with Crippen molar-refractivity contribution in [2.45, 2.75) is 39.5 Å². The zero-order chi connectivity index (χ0) is 22.2. The van der Waals surface area contributed by atoms with E-state index in [0.717, 1.165) is 46.9 Å². The number of morpholine rings is 1. The Kier molecular flexibility index (Phi) is 5.81. The van der Waals surface area contributed by atoms with Crippen molar-refractivity contribution in [1.82, 2.24) is 19.7 Å². The molecule has 0 saturated carbocycles. The third kappa shape index (κ3) is 4.33. The van der Waals surface area contributed by atoms with Gasteiger partial charge in [-0.25, -0.2) is 9.67 Å². The summed E-state index contributed by atoms with van der Waals surface area (Å²) in [6, 6.07) is 11.9. The van der Waals surface area contributed by atoms with Gasteiger partial charge in [-0.05, 0) is 39.0 Å². The van der Waals surface area contributed by atoms with Crippen molar-refractivity contribution in [3.63, 3.8) is 0 Å². The fourth-order valence-corrected chi connectivity index (χ4v) is 5.92. The molecule has 1 amide bonds. The number of carbonyl (C=O) groups is 1. The van der Waals surface area contributed by atoms with Crippen molar-refractivity contribution in [1.29, 1.82) is 0 Å². The number of carbonyl (C=O) groups excluding carboxylic acids is 1. The Labute approximate surface area is 194 Å². The van der Waals surface area contributed by atoms with E-state index < -0.39 is 0 Å². The lowest BCUT2D eigenvalue weighted by Crippen LogP contribution is -2.44. The zero-order valence-corrected chi connectivity index (χ0v) is 19.9. The van der Waals surface area contributed by atoms with Crippen molar-refractivity contribution < 1.29 is 9.53 Å². The summed E-state index contributed by atoms with van der Waals surface area (Å²) in [4.78, 5) is 21.5. The number of rotatable bonds is 5. The molecule has 3 aromatic heterocycles. The first-order valence-corrected chi connectivity index (χ1v) is 12.3. The van der Waals surface area contributed by atoms with Crippen molar-refractivity contribution in [3.8, 4) is 5.69 Å².